The van der Waals surface area contributed by atoms with Crippen LogP contribution >= 0.6 is 0 Å². The molecule has 0 heterocycles. The van der Waals surface area contributed by atoms with E-state index >= 15 is 0 Å². The summed E-state index contributed by atoms with van der Waals surface area (Å²) < 4.78 is 18.4. The largest absolute Gasteiger partial charge is 0.457 e. The summed E-state index contributed by atoms with van der Waals surface area (Å²) in [6.45, 7) is 3.26. The van der Waals surface area contributed by atoms with Crippen LogP contribution in [0, 0.1) is 0 Å². The summed E-state index contributed by atoms with van der Waals surface area (Å²) in [5.41, 5.74) is 0.853. The van der Waals surface area contributed by atoms with Gasteiger partial charge < -0.3 is 4.74 Å². The molecule has 2 rings (SSSR count). The summed E-state index contributed by atoms with van der Waals surface area (Å²) in [6.07, 6.45) is 0.228. The van der Waals surface area contributed by atoms with E-state index in [0.29, 0.717) is 5.75 Å². The minimum atomic E-state index is -0.345. The minimum absolute atomic E-state index is 0.228. The van der Waals surface area contributed by atoms with Gasteiger partial charge in [0.25, 0.3) is 0 Å². The molecule has 0 amide bonds. The average Bonchev–Trinajstić information content (AvgIpc) is 2.30. The molecule has 0 bridgehead atoms. The zero-order chi connectivity index (χ0) is 12.1. The van der Waals surface area contributed by atoms with Gasteiger partial charge in [-0.15, -0.1) is 0 Å². The van der Waals surface area contributed by atoms with E-state index in [9.17, 15) is 4.39 Å². The van der Waals surface area contributed by atoms with Crippen molar-refractivity contribution in [2.24, 2.45) is 0 Å². The van der Waals surface area contributed by atoms with Crippen molar-refractivity contribution >= 4 is 0 Å². The van der Waals surface area contributed by atoms with E-state index in [2.05, 4.69) is 6.58 Å². The summed E-state index contributed by atoms with van der Waals surface area (Å²) >= 11 is 0. The highest BCUT2D eigenvalue weighted by Crippen LogP contribution is 2.22. The molecule has 0 aliphatic heterocycles. The van der Waals surface area contributed by atoms with Gasteiger partial charge in [-0.2, -0.15) is 0 Å². The normalized spacial score (nSPS) is 9.94. The van der Waals surface area contributed by atoms with E-state index in [4.69, 9.17) is 4.74 Å². The van der Waals surface area contributed by atoms with Crippen LogP contribution in [-0.2, 0) is 6.42 Å². The quantitative estimate of drug-likeness (QED) is 0.748. The molecule has 0 atom stereocenters. The molecule has 2 heteroatoms. The van der Waals surface area contributed by atoms with Crippen molar-refractivity contribution in [3.8, 4) is 11.5 Å². The number of halogens is 1. The molecule has 0 unspecified atom stereocenters. The number of rotatable bonds is 4. The predicted octanol–water partition coefficient (Wildman–Crippen LogP) is 4.50. The fourth-order valence-corrected chi connectivity index (χ4v) is 1.57. The zero-order valence-corrected chi connectivity index (χ0v) is 9.40. The molecule has 0 spiro atoms. The van der Waals surface area contributed by atoms with Gasteiger partial charge in [-0.3, -0.25) is 0 Å². The van der Waals surface area contributed by atoms with Crippen LogP contribution in [0.3, 0.4) is 0 Å². The predicted molar refractivity (Wildman–Crippen MR) is 66.9 cm³/mol. The van der Waals surface area contributed by atoms with E-state index in [0.717, 1.165) is 11.3 Å². The molecule has 0 saturated heterocycles. The molecule has 0 aliphatic carbocycles. The maximum Gasteiger partial charge on any atom is 0.127 e. The fraction of sp³-hybridized carbons (Fsp3) is 0.0667. The number of benzene rings is 2. The molecule has 0 saturated carbocycles. The van der Waals surface area contributed by atoms with Crippen LogP contribution in [-0.4, -0.2) is 0 Å². The standard InChI is InChI=1S/C15H13FO/c1-12(16)10-13-6-5-9-15(11-13)17-14-7-3-2-4-8-14/h2-9,11H,1,10H2. The Morgan fingerprint density at radius 3 is 2.41 bits per heavy atom. The van der Waals surface area contributed by atoms with Crippen molar-refractivity contribution in [3.63, 3.8) is 0 Å². The molecule has 1 nitrogen and oxygen atoms in total. The molecule has 17 heavy (non-hydrogen) atoms. The van der Waals surface area contributed by atoms with Crippen molar-refractivity contribution in [1.29, 1.82) is 0 Å². The Kier molecular flexibility index (Phi) is 3.55. The summed E-state index contributed by atoms with van der Waals surface area (Å²) in [5, 5.41) is 0. The smallest absolute Gasteiger partial charge is 0.127 e. The van der Waals surface area contributed by atoms with Crippen molar-refractivity contribution in [2.75, 3.05) is 0 Å². The van der Waals surface area contributed by atoms with Gasteiger partial charge in [0.15, 0.2) is 0 Å². The van der Waals surface area contributed by atoms with Crippen LogP contribution in [0.4, 0.5) is 4.39 Å². The first-order chi connectivity index (χ1) is 8.24. The molecule has 2 aromatic carbocycles. The molecule has 0 N–H and O–H groups in total. The number of ether oxygens (including phenoxy) is 1. The lowest BCUT2D eigenvalue weighted by atomic mass is 10.1. The van der Waals surface area contributed by atoms with E-state index in [1.807, 2.05) is 54.6 Å². The Bertz CT molecular complexity index is 505. The van der Waals surface area contributed by atoms with Crippen LogP contribution in [0.15, 0.2) is 67.0 Å². The van der Waals surface area contributed by atoms with Crippen LogP contribution < -0.4 is 4.74 Å². The summed E-state index contributed by atoms with van der Waals surface area (Å²) in [5.74, 6) is 1.13. The van der Waals surface area contributed by atoms with Crippen LogP contribution in [0.5, 0.6) is 11.5 Å². The molecular weight excluding hydrogens is 215 g/mol. The Hall–Kier alpha value is -2.09. The number of hydrogen-bond donors (Lipinski definition) is 0. The van der Waals surface area contributed by atoms with Crippen molar-refractivity contribution in [3.05, 3.63) is 72.6 Å². The first-order valence-corrected chi connectivity index (χ1v) is 5.39. The lowest BCUT2D eigenvalue weighted by molar-refractivity contribution is 0.482. The number of hydrogen-bond acceptors (Lipinski definition) is 1. The molecule has 2 aromatic rings. The first-order valence-electron chi connectivity index (χ1n) is 5.39. The van der Waals surface area contributed by atoms with E-state index in [1.165, 1.54) is 0 Å². The lowest BCUT2D eigenvalue weighted by Gasteiger charge is -2.06. The van der Waals surface area contributed by atoms with Gasteiger partial charge in [0.1, 0.15) is 11.5 Å². The lowest BCUT2D eigenvalue weighted by Crippen LogP contribution is -1.87. The summed E-state index contributed by atoms with van der Waals surface area (Å²) in [4.78, 5) is 0. The second-order valence-electron chi connectivity index (χ2n) is 3.76. The maximum absolute atomic E-state index is 12.7. The van der Waals surface area contributed by atoms with Crippen molar-refractivity contribution in [1.82, 2.24) is 0 Å². The monoisotopic (exact) mass is 228 g/mol. The highest BCUT2D eigenvalue weighted by atomic mass is 19.1. The molecule has 0 radical (unpaired) electrons. The van der Waals surface area contributed by atoms with Gasteiger partial charge in [0.05, 0.1) is 5.83 Å². The first kappa shape index (κ1) is 11.4. The molecular formula is C15H13FO. The molecule has 0 fully saturated rings. The minimum Gasteiger partial charge on any atom is -0.457 e. The van der Waals surface area contributed by atoms with Crippen LogP contribution in [0.1, 0.15) is 5.56 Å². The van der Waals surface area contributed by atoms with Gasteiger partial charge in [-0.1, -0.05) is 36.9 Å². The second kappa shape index (κ2) is 5.30. The van der Waals surface area contributed by atoms with Crippen molar-refractivity contribution in [2.45, 2.75) is 6.42 Å². The topological polar surface area (TPSA) is 9.23 Å². The Morgan fingerprint density at radius 1 is 1.00 bits per heavy atom. The van der Waals surface area contributed by atoms with Gasteiger partial charge in [0.2, 0.25) is 0 Å². The van der Waals surface area contributed by atoms with Gasteiger partial charge >= 0.3 is 0 Å². The summed E-state index contributed by atoms with van der Waals surface area (Å²) in [6, 6.07) is 16.8. The third-order valence-corrected chi connectivity index (χ3v) is 2.27. The van der Waals surface area contributed by atoms with E-state index < -0.39 is 0 Å². The van der Waals surface area contributed by atoms with Crippen LogP contribution in [0.25, 0.3) is 0 Å². The third kappa shape index (κ3) is 3.45. The fourth-order valence-electron chi connectivity index (χ4n) is 1.57. The van der Waals surface area contributed by atoms with E-state index in [1.54, 1.807) is 0 Å². The van der Waals surface area contributed by atoms with Gasteiger partial charge in [0, 0.05) is 6.42 Å². The Labute approximate surface area is 100 Å². The second-order valence-corrected chi connectivity index (χ2v) is 3.76. The average molecular weight is 228 g/mol. The maximum atomic E-state index is 12.7. The van der Waals surface area contributed by atoms with Gasteiger partial charge in [-0.05, 0) is 29.8 Å². The zero-order valence-electron chi connectivity index (χ0n) is 9.40. The number of allylic oxidation sites excluding steroid dienone is 1. The van der Waals surface area contributed by atoms with Crippen LogP contribution in [0.2, 0.25) is 0 Å². The Balaban J connectivity index is 2.14. The number of para-hydroxylation sites is 1. The highest BCUT2D eigenvalue weighted by Gasteiger charge is 2.00. The summed E-state index contributed by atoms with van der Waals surface area (Å²) in [7, 11) is 0. The van der Waals surface area contributed by atoms with Crippen molar-refractivity contribution < 1.29 is 9.13 Å². The Morgan fingerprint density at radius 2 is 1.71 bits per heavy atom. The third-order valence-electron chi connectivity index (χ3n) is 2.27. The highest BCUT2D eigenvalue weighted by molar-refractivity contribution is 5.34. The SMILES string of the molecule is C=C(F)Cc1cccc(Oc2ccccc2)c1. The molecule has 0 aromatic heterocycles. The molecule has 0 aliphatic rings. The molecule has 86 valence electrons. The van der Waals surface area contributed by atoms with E-state index in [-0.39, 0.29) is 12.2 Å². The van der Waals surface area contributed by atoms with Gasteiger partial charge in [-0.25, -0.2) is 4.39 Å².